The topological polar surface area (TPSA) is 115 Å². The number of carboxylic acids is 1. The third-order valence-corrected chi connectivity index (χ3v) is 6.91. The van der Waals surface area contributed by atoms with Gasteiger partial charge in [0.2, 0.25) is 5.36 Å². The van der Waals surface area contributed by atoms with Gasteiger partial charge >= 0.3 is 0 Å². The van der Waals surface area contributed by atoms with E-state index in [0.29, 0.717) is 35.6 Å². The molecule has 2 aromatic carbocycles. The van der Waals surface area contributed by atoms with Gasteiger partial charge in [-0.15, -0.1) is 12.4 Å². The number of aromatic carboxylic acids is 1. The summed E-state index contributed by atoms with van der Waals surface area (Å²) in [5, 5.41) is 17.0. The summed E-state index contributed by atoms with van der Waals surface area (Å²) in [6.07, 6.45) is 3.80. The lowest BCUT2D eigenvalue weighted by Crippen LogP contribution is -2.27. The fourth-order valence-electron chi connectivity index (χ4n) is 4.71. The predicted molar refractivity (Wildman–Crippen MR) is 161 cm³/mol. The van der Waals surface area contributed by atoms with Crippen molar-refractivity contribution in [1.29, 1.82) is 0 Å². The maximum atomic E-state index is 12.8. The van der Waals surface area contributed by atoms with Gasteiger partial charge in [-0.2, -0.15) is 0 Å². The standard InChI is InChI=1S/C31H36N4O4.ClH/c1-34(2)21-10-13-24-27(18-21)39-28-19-22(35(3)4)11-14-25(28)29(24)23-12-9-20(17-26(23)31(37)38)30(36)33-16-8-6-5-7-15-32;/h9-14,17-19H,5-8,15-16,32H2,1-4H3,(H-,33,36,37,38);1H. The van der Waals surface area contributed by atoms with Crippen molar-refractivity contribution in [2.75, 3.05) is 46.2 Å². The molecule has 4 rings (SSSR count). The van der Waals surface area contributed by atoms with E-state index in [1.54, 1.807) is 12.1 Å². The maximum absolute atomic E-state index is 12.8. The highest BCUT2D eigenvalue weighted by atomic mass is 35.5. The largest absolute Gasteiger partial charge is 0.545 e. The number of nitrogens with two attached hydrogens (primary N) is 1. The van der Waals surface area contributed by atoms with Crippen LogP contribution in [-0.2, 0) is 0 Å². The van der Waals surface area contributed by atoms with Crippen molar-refractivity contribution < 1.29 is 19.1 Å². The van der Waals surface area contributed by atoms with E-state index < -0.39 is 5.97 Å². The number of amides is 1. The first-order chi connectivity index (χ1) is 18.7. The van der Waals surface area contributed by atoms with Gasteiger partial charge in [-0.05, 0) is 55.3 Å². The zero-order chi connectivity index (χ0) is 28.1. The maximum Gasteiger partial charge on any atom is 0.251 e. The van der Waals surface area contributed by atoms with Crippen molar-refractivity contribution in [2.45, 2.75) is 25.7 Å². The predicted octanol–water partition coefficient (Wildman–Crippen LogP) is 3.34. The molecule has 212 valence electrons. The Balaban J connectivity index is 0.00000441. The van der Waals surface area contributed by atoms with Crippen molar-refractivity contribution >= 4 is 40.9 Å². The number of halogens is 1. The van der Waals surface area contributed by atoms with Crippen LogP contribution in [0.2, 0.25) is 0 Å². The Hall–Kier alpha value is -3.88. The van der Waals surface area contributed by atoms with Crippen LogP contribution in [-0.4, -0.2) is 53.2 Å². The van der Waals surface area contributed by atoms with E-state index in [-0.39, 0.29) is 29.4 Å². The Morgan fingerprint density at radius 1 is 0.950 bits per heavy atom. The lowest BCUT2D eigenvalue weighted by Gasteiger charge is -2.20. The van der Waals surface area contributed by atoms with Gasteiger partial charge in [0.1, 0.15) is 25.4 Å². The van der Waals surface area contributed by atoms with Gasteiger partial charge in [0, 0.05) is 66.1 Å². The average molecular weight is 565 g/mol. The first-order valence-corrected chi connectivity index (χ1v) is 13.2. The molecule has 0 spiro atoms. The molecule has 0 radical (unpaired) electrons. The lowest BCUT2D eigenvalue weighted by atomic mass is 9.89. The smallest absolute Gasteiger partial charge is 0.251 e. The van der Waals surface area contributed by atoms with Crippen molar-refractivity contribution in [1.82, 2.24) is 9.89 Å². The summed E-state index contributed by atoms with van der Waals surface area (Å²) < 4.78 is 8.32. The van der Waals surface area contributed by atoms with Crippen molar-refractivity contribution in [3.8, 4) is 22.5 Å². The number of carbonyl (C=O) groups is 2. The van der Waals surface area contributed by atoms with Gasteiger partial charge in [-0.25, -0.2) is 4.58 Å². The minimum Gasteiger partial charge on any atom is -0.545 e. The van der Waals surface area contributed by atoms with Crippen LogP contribution in [0.25, 0.3) is 33.4 Å². The molecule has 1 amide bonds. The normalized spacial score (nSPS) is 10.8. The Bertz CT molecular complexity index is 1560. The first kappa shape index (κ1) is 30.7. The number of nitrogens with one attached hydrogen (secondary N) is 1. The van der Waals surface area contributed by atoms with Crippen molar-refractivity contribution in [2.24, 2.45) is 5.73 Å². The molecule has 0 saturated heterocycles. The van der Waals surface area contributed by atoms with Crippen LogP contribution in [0.3, 0.4) is 0 Å². The molecular weight excluding hydrogens is 528 g/mol. The average Bonchev–Trinajstić information content (AvgIpc) is 2.92. The molecule has 3 N–H and O–H groups in total. The fraction of sp³-hybridized carbons (Fsp3) is 0.323. The zero-order valence-corrected chi connectivity index (χ0v) is 24.3. The number of carbonyl (C=O) groups excluding carboxylic acids is 2. The highest BCUT2D eigenvalue weighted by Gasteiger charge is 2.22. The Kier molecular flexibility index (Phi) is 10.3. The second kappa shape index (κ2) is 13.5. The van der Waals surface area contributed by atoms with Crippen LogP contribution in [0.4, 0.5) is 5.69 Å². The minimum absolute atomic E-state index is 0. The molecule has 0 bridgehead atoms. The van der Waals surface area contributed by atoms with Crippen LogP contribution in [0.5, 0.6) is 0 Å². The van der Waals surface area contributed by atoms with Gasteiger partial charge in [-0.1, -0.05) is 18.9 Å². The molecule has 8 nitrogen and oxygen atoms in total. The van der Waals surface area contributed by atoms with Crippen LogP contribution in [0.1, 0.15) is 46.4 Å². The zero-order valence-electron chi connectivity index (χ0n) is 23.5. The molecule has 0 atom stereocenters. The first-order valence-electron chi connectivity index (χ1n) is 13.2. The SMILES string of the molecule is CN(C)c1ccc2c(-c3ccc(C(=O)NCCCCCCN)cc3C(=O)[O-])c3ccc(=[N+](C)C)cc-3oc2c1.Cl. The van der Waals surface area contributed by atoms with Gasteiger partial charge < -0.3 is 30.3 Å². The summed E-state index contributed by atoms with van der Waals surface area (Å²) in [6, 6.07) is 16.4. The monoisotopic (exact) mass is 564 g/mol. The lowest BCUT2D eigenvalue weighted by molar-refractivity contribution is -0.254. The van der Waals surface area contributed by atoms with E-state index in [2.05, 4.69) is 5.32 Å². The number of anilines is 1. The molecule has 1 aliphatic heterocycles. The Labute approximate surface area is 240 Å². The number of fused-ring (bicyclic) bond motifs is 2. The number of unbranched alkanes of at least 4 members (excludes halogenated alkanes) is 3. The van der Waals surface area contributed by atoms with E-state index >= 15 is 0 Å². The molecule has 40 heavy (non-hydrogen) atoms. The summed E-state index contributed by atoms with van der Waals surface area (Å²) >= 11 is 0. The van der Waals surface area contributed by atoms with E-state index in [9.17, 15) is 14.7 Å². The summed E-state index contributed by atoms with van der Waals surface area (Å²) in [5.74, 6) is -1.04. The molecule has 0 saturated carbocycles. The highest BCUT2D eigenvalue weighted by Crippen LogP contribution is 2.42. The van der Waals surface area contributed by atoms with Crippen molar-refractivity contribution in [3.63, 3.8) is 0 Å². The van der Waals surface area contributed by atoms with E-state index in [0.717, 1.165) is 47.7 Å². The Morgan fingerprint density at radius 2 is 1.68 bits per heavy atom. The molecule has 0 aromatic heterocycles. The van der Waals surface area contributed by atoms with E-state index in [1.165, 1.54) is 6.07 Å². The summed E-state index contributed by atoms with van der Waals surface area (Å²) in [5.41, 5.74) is 9.28. The summed E-state index contributed by atoms with van der Waals surface area (Å²) in [6.45, 7) is 1.18. The highest BCUT2D eigenvalue weighted by molar-refractivity contribution is 6.08. The van der Waals surface area contributed by atoms with E-state index in [4.69, 9.17) is 10.2 Å². The van der Waals surface area contributed by atoms with Crippen LogP contribution >= 0.6 is 12.4 Å². The second-order valence-corrected chi connectivity index (χ2v) is 10.1. The van der Waals surface area contributed by atoms with Crippen LogP contribution in [0.15, 0.2) is 59.0 Å². The molecule has 2 aromatic rings. The quantitative estimate of drug-likeness (QED) is 0.173. The number of hydrogen-bond acceptors (Lipinski definition) is 6. The molecular formula is C31H37ClN4O4. The van der Waals surface area contributed by atoms with Crippen LogP contribution < -0.4 is 31.0 Å². The second-order valence-electron chi connectivity index (χ2n) is 10.1. The molecule has 0 fully saturated rings. The van der Waals surface area contributed by atoms with Crippen molar-refractivity contribution in [3.05, 3.63) is 71.1 Å². The van der Waals surface area contributed by atoms with Gasteiger partial charge in [0.25, 0.3) is 5.91 Å². The summed E-state index contributed by atoms with van der Waals surface area (Å²) in [7, 11) is 7.80. The number of hydrogen-bond donors (Lipinski definition) is 2. The molecule has 0 unspecified atom stereocenters. The third kappa shape index (κ3) is 6.63. The summed E-state index contributed by atoms with van der Waals surface area (Å²) in [4.78, 5) is 27.2. The minimum atomic E-state index is -1.35. The van der Waals surface area contributed by atoms with Gasteiger partial charge in [0.05, 0.1) is 12.0 Å². The number of rotatable bonds is 10. The van der Waals surface area contributed by atoms with E-state index in [1.807, 2.05) is 74.1 Å². The Morgan fingerprint density at radius 3 is 2.35 bits per heavy atom. The number of benzene rings is 3. The molecule has 2 aliphatic rings. The molecule has 1 heterocycles. The number of carboxylic acid groups (broad SMARTS) is 1. The molecule has 9 heteroatoms. The van der Waals surface area contributed by atoms with Gasteiger partial charge in [-0.3, -0.25) is 4.79 Å². The van der Waals surface area contributed by atoms with Gasteiger partial charge in [0.15, 0.2) is 0 Å². The molecule has 1 aliphatic carbocycles. The van der Waals surface area contributed by atoms with Crippen LogP contribution in [0, 0.1) is 0 Å². The third-order valence-electron chi connectivity index (χ3n) is 6.91. The fourth-order valence-corrected chi connectivity index (χ4v) is 4.71. The number of nitrogens with zero attached hydrogens (tertiary/aromatic N) is 2.